The van der Waals surface area contributed by atoms with E-state index < -0.39 is 0 Å². The normalized spacial score (nSPS) is 10.9. The SMILES string of the molecule is O=c1[nH][nH]c2cc(SCCCNc3ccccn3)ccc12. The number of thioether (sulfide) groups is 1. The molecule has 3 rings (SSSR count). The van der Waals surface area contributed by atoms with Gasteiger partial charge in [-0.25, -0.2) is 4.98 Å². The van der Waals surface area contributed by atoms with Gasteiger partial charge in [0.25, 0.3) is 5.56 Å². The first-order valence-corrected chi connectivity index (χ1v) is 7.79. The van der Waals surface area contributed by atoms with Crippen LogP contribution in [-0.2, 0) is 0 Å². The van der Waals surface area contributed by atoms with Gasteiger partial charge in [-0.15, -0.1) is 11.8 Å². The van der Waals surface area contributed by atoms with Gasteiger partial charge in [-0.05, 0) is 42.5 Å². The van der Waals surface area contributed by atoms with E-state index in [1.807, 2.05) is 36.4 Å². The van der Waals surface area contributed by atoms with E-state index in [1.54, 1.807) is 18.0 Å². The molecule has 0 aliphatic rings. The van der Waals surface area contributed by atoms with Crippen LogP contribution in [0.3, 0.4) is 0 Å². The molecule has 6 heteroatoms. The quantitative estimate of drug-likeness (QED) is 0.483. The minimum Gasteiger partial charge on any atom is -0.370 e. The molecule has 0 saturated carbocycles. The monoisotopic (exact) mass is 300 g/mol. The molecule has 21 heavy (non-hydrogen) atoms. The molecule has 0 amide bonds. The zero-order valence-corrected chi connectivity index (χ0v) is 12.2. The van der Waals surface area contributed by atoms with Gasteiger partial charge in [0.2, 0.25) is 0 Å². The number of hydrogen-bond donors (Lipinski definition) is 3. The van der Waals surface area contributed by atoms with Gasteiger partial charge < -0.3 is 5.32 Å². The van der Waals surface area contributed by atoms with Crippen LogP contribution < -0.4 is 10.9 Å². The smallest absolute Gasteiger partial charge is 0.271 e. The summed E-state index contributed by atoms with van der Waals surface area (Å²) in [6.45, 7) is 0.896. The Morgan fingerprint density at radius 2 is 2.14 bits per heavy atom. The van der Waals surface area contributed by atoms with E-state index in [0.29, 0.717) is 5.39 Å². The fourth-order valence-corrected chi connectivity index (χ4v) is 2.94. The fourth-order valence-electron chi connectivity index (χ4n) is 2.05. The van der Waals surface area contributed by atoms with Crippen LogP contribution in [0.25, 0.3) is 10.9 Å². The Balaban J connectivity index is 1.47. The Morgan fingerprint density at radius 1 is 1.19 bits per heavy atom. The molecule has 0 aliphatic carbocycles. The molecule has 2 heterocycles. The van der Waals surface area contributed by atoms with E-state index in [4.69, 9.17) is 0 Å². The third-order valence-electron chi connectivity index (χ3n) is 3.11. The molecule has 0 atom stereocenters. The third-order valence-corrected chi connectivity index (χ3v) is 4.19. The third kappa shape index (κ3) is 3.46. The van der Waals surface area contributed by atoms with E-state index in [2.05, 4.69) is 20.5 Å². The maximum absolute atomic E-state index is 11.4. The number of nitrogens with zero attached hydrogens (tertiary/aromatic N) is 1. The van der Waals surface area contributed by atoms with Gasteiger partial charge in [-0.2, -0.15) is 0 Å². The lowest BCUT2D eigenvalue weighted by molar-refractivity contribution is 0.980. The van der Waals surface area contributed by atoms with E-state index >= 15 is 0 Å². The molecule has 0 radical (unpaired) electrons. The van der Waals surface area contributed by atoms with Crippen molar-refractivity contribution in [2.45, 2.75) is 11.3 Å². The number of fused-ring (bicyclic) bond motifs is 1. The number of hydrogen-bond acceptors (Lipinski definition) is 4. The molecular formula is C15H16N4OS. The predicted octanol–water partition coefficient (Wildman–Crippen LogP) is 2.85. The maximum Gasteiger partial charge on any atom is 0.271 e. The van der Waals surface area contributed by atoms with Crippen LogP contribution in [0.2, 0.25) is 0 Å². The minimum atomic E-state index is -0.0684. The van der Waals surface area contributed by atoms with Gasteiger partial charge in [0.05, 0.1) is 10.9 Å². The maximum atomic E-state index is 11.4. The second-order valence-corrected chi connectivity index (χ2v) is 5.80. The number of nitrogens with one attached hydrogen (secondary N) is 3. The summed E-state index contributed by atoms with van der Waals surface area (Å²) in [6.07, 6.45) is 2.83. The molecule has 5 nitrogen and oxygen atoms in total. The molecule has 0 unspecified atom stereocenters. The highest BCUT2D eigenvalue weighted by Gasteiger charge is 2.02. The lowest BCUT2D eigenvalue weighted by atomic mass is 10.2. The average molecular weight is 300 g/mol. The van der Waals surface area contributed by atoms with Gasteiger partial charge in [0.1, 0.15) is 5.82 Å². The first kappa shape index (κ1) is 13.8. The van der Waals surface area contributed by atoms with Gasteiger partial charge in [-0.3, -0.25) is 15.0 Å². The minimum absolute atomic E-state index is 0.0684. The van der Waals surface area contributed by atoms with Gasteiger partial charge in [0, 0.05) is 17.6 Å². The Labute approximate surface area is 126 Å². The number of anilines is 1. The second kappa shape index (κ2) is 6.49. The number of aromatic nitrogens is 3. The van der Waals surface area contributed by atoms with Gasteiger partial charge in [0.15, 0.2) is 0 Å². The zero-order valence-electron chi connectivity index (χ0n) is 11.4. The van der Waals surface area contributed by atoms with Crippen LogP contribution in [0.4, 0.5) is 5.82 Å². The summed E-state index contributed by atoms with van der Waals surface area (Å²) in [4.78, 5) is 16.8. The number of aromatic amines is 2. The van der Waals surface area contributed by atoms with Crippen molar-refractivity contribution in [2.75, 3.05) is 17.6 Å². The number of benzene rings is 1. The largest absolute Gasteiger partial charge is 0.370 e. The summed E-state index contributed by atoms with van der Waals surface area (Å²) in [5, 5.41) is 9.46. The standard InChI is InChI=1S/C15H16N4OS/c20-15-12-6-5-11(10-13(12)18-19-15)21-9-3-8-17-14-4-1-2-7-16-14/h1-2,4-7,10H,3,8-9H2,(H,16,17)(H2,18,19,20). The first-order valence-electron chi connectivity index (χ1n) is 6.81. The van der Waals surface area contributed by atoms with Gasteiger partial charge in [-0.1, -0.05) is 6.07 Å². The lowest BCUT2D eigenvalue weighted by Gasteiger charge is -2.05. The van der Waals surface area contributed by atoms with Crippen molar-refractivity contribution in [3.05, 3.63) is 52.9 Å². The Kier molecular flexibility index (Phi) is 4.25. The van der Waals surface area contributed by atoms with E-state index in [9.17, 15) is 4.79 Å². The van der Waals surface area contributed by atoms with Crippen LogP contribution >= 0.6 is 11.8 Å². The molecule has 3 N–H and O–H groups in total. The Bertz CT molecular complexity index is 766. The molecule has 3 aromatic rings. The van der Waals surface area contributed by atoms with Crippen molar-refractivity contribution in [1.29, 1.82) is 0 Å². The van der Waals surface area contributed by atoms with Crippen molar-refractivity contribution in [3.8, 4) is 0 Å². The zero-order chi connectivity index (χ0) is 14.5. The molecule has 1 aromatic carbocycles. The van der Waals surface area contributed by atoms with Crippen molar-refractivity contribution < 1.29 is 0 Å². The molecule has 108 valence electrons. The van der Waals surface area contributed by atoms with E-state index in [1.165, 1.54) is 0 Å². The molecular weight excluding hydrogens is 284 g/mol. The highest BCUT2D eigenvalue weighted by molar-refractivity contribution is 7.99. The number of rotatable bonds is 6. The summed E-state index contributed by atoms with van der Waals surface area (Å²) >= 11 is 1.78. The number of pyridine rings is 1. The van der Waals surface area contributed by atoms with Crippen molar-refractivity contribution in [1.82, 2.24) is 15.2 Å². The molecule has 0 spiro atoms. The highest BCUT2D eigenvalue weighted by Crippen LogP contribution is 2.21. The van der Waals surface area contributed by atoms with Crippen LogP contribution in [0.5, 0.6) is 0 Å². The fraction of sp³-hybridized carbons (Fsp3) is 0.200. The van der Waals surface area contributed by atoms with Gasteiger partial charge >= 0.3 is 0 Å². The molecule has 0 saturated heterocycles. The average Bonchev–Trinajstić information content (AvgIpc) is 2.89. The summed E-state index contributed by atoms with van der Waals surface area (Å²) in [6, 6.07) is 11.7. The molecule has 0 aliphatic heterocycles. The van der Waals surface area contributed by atoms with E-state index in [0.717, 1.165) is 34.9 Å². The van der Waals surface area contributed by atoms with Crippen molar-refractivity contribution in [3.63, 3.8) is 0 Å². The predicted molar refractivity (Wildman–Crippen MR) is 87.0 cm³/mol. The molecule has 0 bridgehead atoms. The van der Waals surface area contributed by atoms with Crippen LogP contribution in [0.15, 0.2) is 52.3 Å². The first-order chi connectivity index (χ1) is 10.3. The molecule has 0 fully saturated rings. The van der Waals surface area contributed by atoms with Crippen molar-refractivity contribution >= 4 is 28.5 Å². The lowest BCUT2D eigenvalue weighted by Crippen LogP contribution is -2.03. The van der Waals surface area contributed by atoms with E-state index in [-0.39, 0.29) is 5.56 Å². The summed E-state index contributed by atoms with van der Waals surface area (Å²) in [7, 11) is 0. The summed E-state index contributed by atoms with van der Waals surface area (Å²) in [5.41, 5.74) is 0.790. The molecule has 2 aromatic heterocycles. The van der Waals surface area contributed by atoms with Crippen LogP contribution in [0.1, 0.15) is 6.42 Å². The Hall–Kier alpha value is -2.21. The summed E-state index contributed by atoms with van der Waals surface area (Å²) < 4.78 is 0. The van der Waals surface area contributed by atoms with Crippen LogP contribution in [-0.4, -0.2) is 27.5 Å². The Morgan fingerprint density at radius 3 is 3.00 bits per heavy atom. The van der Waals surface area contributed by atoms with Crippen molar-refractivity contribution in [2.24, 2.45) is 0 Å². The second-order valence-electron chi connectivity index (χ2n) is 4.63. The summed E-state index contributed by atoms with van der Waals surface area (Å²) in [5.74, 6) is 1.92. The highest BCUT2D eigenvalue weighted by atomic mass is 32.2. The van der Waals surface area contributed by atoms with Crippen LogP contribution in [0, 0.1) is 0 Å². The topological polar surface area (TPSA) is 73.6 Å². The number of H-pyrrole nitrogens is 2.